The zero-order valence-corrected chi connectivity index (χ0v) is 13.5. The molecule has 3 aliphatic rings. The van der Waals surface area contributed by atoms with Crippen LogP contribution in [0.3, 0.4) is 0 Å². The summed E-state index contributed by atoms with van der Waals surface area (Å²) in [5.41, 5.74) is 3.03. The van der Waals surface area contributed by atoms with E-state index in [4.69, 9.17) is 0 Å². The van der Waals surface area contributed by atoms with Crippen LogP contribution in [0.1, 0.15) is 43.2 Å². The first-order chi connectivity index (χ1) is 11.7. The fourth-order valence-corrected chi connectivity index (χ4v) is 3.82. The summed E-state index contributed by atoms with van der Waals surface area (Å²) in [6.07, 6.45) is 9.63. The molecule has 0 bridgehead atoms. The van der Waals surface area contributed by atoms with Crippen LogP contribution in [0.4, 0.5) is 0 Å². The summed E-state index contributed by atoms with van der Waals surface area (Å²) in [5, 5.41) is 6.13. The van der Waals surface area contributed by atoms with Crippen LogP contribution in [0.2, 0.25) is 0 Å². The number of nitrogens with zero attached hydrogens (tertiary/aromatic N) is 1. The number of fused-ring (bicyclic) bond motifs is 1. The summed E-state index contributed by atoms with van der Waals surface area (Å²) in [6, 6.07) is 8.38. The smallest absolute Gasteiger partial charge is 0.294 e. The summed E-state index contributed by atoms with van der Waals surface area (Å²) in [7, 11) is 0. The Labute approximate surface area is 141 Å². The van der Waals surface area contributed by atoms with Crippen molar-refractivity contribution in [2.75, 3.05) is 6.54 Å². The van der Waals surface area contributed by atoms with Gasteiger partial charge in [-0.25, -0.2) is 0 Å². The van der Waals surface area contributed by atoms with Crippen LogP contribution in [-0.2, 0) is 9.59 Å². The SMILES string of the molecule is O=C1CN(C2CCCCC2)C(=C2NC=Cc3ccccc32)NC1=O. The summed E-state index contributed by atoms with van der Waals surface area (Å²) >= 11 is 0. The van der Waals surface area contributed by atoms with Crippen molar-refractivity contribution in [3.63, 3.8) is 0 Å². The number of carbonyl (C=O) groups is 2. The summed E-state index contributed by atoms with van der Waals surface area (Å²) < 4.78 is 0. The molecule has 0 spiro atoms. The molecule has 0 radical (unpaired) electrons. The molecule has 1 aromatic carbocycles. The monoisotopic (exact) mass is 323 g/mol. The second-order valence-corrected chi connectivity index (χ2v) is 6.59. The first kappa shape index (κ1) is 15.0. The van der Waals surface area contributed by atoms with Crippen LogP contribution in [0, 0.1) is 0 Å². The third-order valence-corrected chi connectivity index (χ3v) is 5.06. The second-order valence-electron chi connectivity index (χ2n) is 6.59. The van der Waals surface area contributed by atoms with Crippen LogP contribution in [0.25, 0.3) is 11.8 Å². The van der Waals surface area contributed by atoms with E-state index in [1.54, 1.807) is 0 Å². The molecule has 5 heteroatoms. The maximum atomic E-state index is 12.0. The quantitative estimate of drug-likeness (QED) is 0.778. The number of ketones is 1. The normalized spacial score (nSPS) is 24.4. The Morgan fingerprint density at radius 2 is 1.83 bits per heavy atom. The average molecular weight is 323 g/mol. The number of hydrogen-bond acceptors (Lipinski definition) is 4. The third kappa shape index (κ3) is 2.60. The first-order valence-corrected chi connectivity index (χ1v) is 8.61. The van der Waals surface area contributed by atoms with Crippen LogP contribution < -0.4 is 10.6 Å². The van der Waals surface area contributed by atoms with Gasteiger partial charge in [0.25, 0.3) is 5.91 Å². The Morgan fingerprint density at radius 3 is 2.67 bits per heavy atom. The molecule has 1 saturated carbocycles. The minimum absolute atomic E-state index is 0.170. The van der Waals surface area contributed by atoms with Gasteiger partial charge in [0.15, 0.2) is 0 Å². The maximum absolute atomic E-state index is 12.0. The van der Waals surface area contributed by atoms with E-state index in [0.29, 0.717) is 6.04 Å². The molecule has 1 saturated heterocycles. The zero-order valence-electron chi connectivity index (χ0n) is 13.5. The molecular weight excluding hydrogens is 302 g/mol. The summed E-state index contributed by atoms with van der Waals surface area (Å²) in [5.74, 6) is -0.133. The highest BCUT2D eigenvalue weighted by Crippen LogP contribution is 2.31. The predicted molar refractivity (Wildman–Crippen MR) is 92.3 cm³/mol. The minimum atomic E-state index is -0.515. The number of nitrogens with one attached hydrogen (secondary N) is 2. The molecule has 4 rings (SSSR count). The lowest BCUT2D eigenvalue weighted by Gasteiger charge is -2.40. The number of Topliss-reactive ketones (excluding diaryl/α,β-unsaturated/α-hetero) is 1. The molecule has 0 atom stereocenters. The molecule has 24 heavy (non-hydrogen) atoms. The van der Waals surface area contributed by atoms with Gasteiger partial charge in [-0.2, -0.15) is 0 Å². The second kappa shape index (κ2) is 6.15. The molecular formula is C19H21N3O2. The van der Waals surface area contributed by atoms with E-state index >= 15 is 0 Å². The van der Waals surface area contributed by atoms with Gasteiger partial charge in [0.1, 0.15) is 5.82 Å². The number of amides is 1. The highest BCUT2D eigenvalue weighted by Gasteiger charge is 2.35. The standard InChI is InChI=1S/C19H21N3O2/c23-16-12-22(14-7-2-1-3-8-14)18(21-19(16)24)17-15-9-5-4-6-13(15)10-11-20-17/h4-6,9-11,14,20H,1-3,7-8,12H2,(H,21,24). The van der Waals surface area contributed by atoms with E-state index in [1.165, 1.54) is 19.3 Å². The minimum Gasteiger partial charge on any atom is -0.358 e. The maximum Gasteiger partial charge on any atom is 0.294 e. The van der Waals surface area contributed by atoms with Crippen LogP contribution in [0.15, 0.2) is 36.3 Å². The molecule has 2 N–H and O–H groups in total. The van der Waals surface area contributed by atoms with Crippen LogP contribution in [0.5, 0.6) is 0 Å². The zero-order chi connectivity index (χ0) is 16.5. The Balaban J connectivity index is 1.78. The van der Waals surface area contributed by atoms with E-state index in [9.17, 15) is 9.59 Å². The molecule has 124 valence electrons. The Morgan fingerprint density at radius 1 is 1.04 bits per heavy atom. The topological polar surface area (TPSA) is 61.4 Å². The highest BCUT2D eigenvalue weighted by molar-refractivity contribution is 6.38. The van der Waals surface area contributed by atoms with Gasteiger partial charge in [0.2, 0.25) is 5.78 Å². The van der Waals surface area contributed by atoms with E-state index in [-0.39, 0.29) is 12.3 Å². The van der Waals surface area contributed by atoms with Crippen molar-refractivity contribution in [1.82, 2.24) is 15.5 Å². The highest BCUT2D eigenvalue weighted by atomic mass is 16.2. The lowest BCUT2D eigenvalue weighted by molar-refractivity contribution is -0.140. The van der Waals surface area contributed by atoms with Crippen molar-refractivity contribution in [3.05, 3.63) is 47.4 Å². The Kier molecular flexibility index (Phi) is 3.84. The third-order valence-electron chi connectivity index (χ3n) is 5.06. The van der Waals surface area contributed by atoms with E-state index in [1.807, 2.05) is 36.5 Å². The Hall–Kier alpha value is -2.56. The van der Waals surface area contributed by atoms with E-state index in [2.05, 4.69) is 15.5 Å². The molecule has 2 aliphatic heterocycles. The molecule has 2 fully saturated rings. The summed E-state index contributed by atoms with van der Waals surface area (Å²) in [6.45, 7) is 0.170. The largest absolute Gasteiger partial charge is 0.358 e. The molecule has 0 aromatic heterocycles. The van der Waals surface area contributed by atoms with Gasteiger partial charge in [-0.15, -0.1) is 0 Å². The summed E-state index contributed by atoms with van der Waals surface area (Å²) in [4.78, 5) is 26.1. The van der Waals surface area contributed by atoms with Crippen LogP contribution >= 0.6 is 0 Å². The van der Waals surface area contributed by atoms with Crippen LogP contribution in [-0.4, -0.2) is 29.2 Å². The first-order valence-electron chi connectivity index (χ1n) is 8.61. The van der Waals surface area contributed by atoms with Crippen molar-refractivity contribution in [2.45, 2.75) is 38.1 Å². The number of hydrogen-bond donors (Lipinski definition) is 2. The molecule has 2 heterocycles. The van der Waals surface area contributed by atoms with Gasteiger partial charge < -0.3 is 15.5 Å². The van der Waals surface area contributed by atoms with Crippen molar-refractivity contribution in [1.29, 1.82) is 0 Å². The average Bonchev–Trinajstić information content (AvgIpc) is 2.64. The molecule has 1 aliphatic carbocycles. The van der Waals surface area contributed by atoms with Gasteiger partial charge in [-0.3, -0.25) is 9.59 Å². The lowest BCUT2D eigenvalue weighted by Crippen LogP contribution is -2.54. The molecule has 0 unspecified atom stereocenters. The van der Waals surface area contributed by atoms with Gasteiger partial charge in [-0.1, -0.05) is 43.5 Å². The number of rotatable bonds is 1. The fourth-order valence-electron chi connectivity index (χ4n) is 3.82. The number of carbonyl (C=O) groups excluding carboxylic acids is 2. The van der Waals surface area contributed by atoms with Crippen molar-refractivity contribution in [3.8, 4) is 0 Å². The van der Waals surface area contributed by atoms with Crippen molar-refractivity contribution < 1.29 is 9.59 Å². The van der Waals surface area contributed by atoms with Gasteiger partial charge in [0.05, 0.1) is 12.2 Å². The van der Waals surface area contributed by atoms with Gasteiger partial charge in [0, 0.05) is 17.8 Å². The van der Waals surface area contributed by atoms with E-state index < -0.39 is 5.91 Å². The van der Waals surface area contributed by atoms with E-state index in [0.717, 1.165) is 35.5 Å². The predicted octanol–water partition coefficient (Wildman–Crippen LogP) is 2.22. The Bertz CT molecular complexity index is 745. The molecule has 1 amide bonds. The number of benzene rings is 1. The van der Waals surface area contributed by atoms with Gasteiger partial charge >= 0.3 is 0 Å². The van der Waals surface area contributed by atoms with Crippen molar-refractivity contribution >= 4 is 23.5 Å². The molecule has 5 nitrogen and oxygen atoms in total. The lowest BCUT2D eigenvalue weighted by atomic mass is 9.93. The van der Waals surface area contributed by atoms with Crippen molar-refractivity contribution in [2.24, 2.45) is 0 Å². The fraction of sp³-hybridized carbons (Fsp3) is 0.368. The van der Waals surface area contributed by atoms with Gasteiger partial charge in [-0.05, 0) is 24.5 Å². The molecule has 1 aromatic rings.